The Bertz CT molecular complexity index is 435. The molecular formula is C14H20FNO3. The maximum absolute atomic E-state index is 13.8. The van der Waals surface area contributed by atoms with E-state index < -0.39 is 11.8 Å². The summed E-state index contributed by atoms with van der Waals surface area (Å²) in [6.07, 6.45) is 0. The maximum atomic E-state index is 13.8. The molecule has 0 aliphatic carbocycles. The number of carboxylic acid groups (broad SMARTS) is 1. The molecule has 0 saturated carbocycles. The Morgan fingerprint density at radius 2 is 2.16 bits per heavy atom. The topological polar surface area (TPSA) is 49.8 Å². The molecule has 0 saturated heterocycles. The van der Waals surface area contributed by atoms with Gasteiger partial charge in [0.1, 0.15) is 5.82 Å². The lowest BCUT2D eigenvalue weighted by Gasteiger charge is -2.26. The highest BCUT2D eigenvalue weighted by Gasteiger charge is 2.14. The van der Waals surface area contributed by atoms with Crippen LogP contribution in [0.4, 0.5) is 4.39 Å². The maximum Gasteiger partial charge on any atom is 0.335 e. The van der Waals surface area contributed by atoms with Crippen LogP contribution in [0.15, 0.2) is 18.2 Å². The van der Waals surface area contributed by atoms with Gasteiger partial charge in [0.15, 0.2) is 0 Å². The van der Waals surface area contributed by atoms with Crippen molar-refractivity contribution in [3.05, 3.63) is 35.1 Å². The fourth-order valence-electron chi connectivity index (χ4n) is 1.76. The molecule has 0 heterocycles. The second-order valence-corrected chi connectivity index (χ2v) is 4.67. The SMILES string of the molecule is COCCN(Cc1ccc(C(=O)O)cc1F)C(C)C. The third-order valence-corrected chi connectivity index (χ3v) is 2.99. The molecule has 0 atom stereocenters. The van der Waals surface area contributed by atoms with Crippen molar-refractivity contribution in [3.63, 3.8) is 0 Å². The number of nitrogens with zero attached hydrogens (tertiary/aromatic N) is 1. The summed E-state index contributed by atoms with van der Waals surface area (Å²) in [7, 11) is 1.63. The van der Waals surface area contributed by atoms with Gasteiger partial charge < -0.3 is 9.84 Å². The standard InChI is InChI=1S/C14H20FNO3/c1-10(2)16(6-7-19-3)9-12-5-4-11(14(17)18)8-13(12)15/h4-5,8,10H,6-7,9H2,1-3H3,(H,17,18). The Hall–Kier alpha value is -1.46. The monoisotopic (exact) mass is 269 g/mol. The second-order valence-electron chi connectivity index (χ2n) is 4.67. The molecule has 5 heteroatoms. The van der Waals surface area contributed by atoms with E-state index in [0.717, 1.165) is 6.07 Å². The predicted octanol–water partition coefficient (Wildman–Crippen LogP) is 2.38. The molecule has 1 aromatic carbocycles. The van der Waals surface area contributed by atoms with E-state index in [4.69, 9.17) is 9.84 Å². The van der Waals surface area contributed by atoms with Crippen LogP contribution < -0.4 is 0 Å². The van der Waals surface area contributed by atoms with E-state index in [-0.39, 0.29) is 11.6 Å². The minimum atomic E-state index is -1.12. The number of benzene rings is 1. The van der Waals surface area contributed by atoms with Gasteiger partial charge in [-0.05, 0) is 26.0 Å². The van der Waals surface area contributed by atoms with E-state index in [1.165, 1.54) is 12.1 Å². The molecule has 106 valence electrons. The number of aromatic carboxylic acids is 1. The first kappa shape index (κ1) is 15.6. The number of carboxylic acids is 1. The van der Waals surface area contributed by atoms with E-state index in [0.29, 0.717) is 25.3 Å². The van der Waals surface area contributed by atoms with Gasteiger partial charge in [-0.1, -0.05) is 6.07 Å². The Kier molecular flexibility index (Phi) is 5.92. The lowest BCUT2D eigenvalue weighted by molar-refractivity contribution is 0.0696. The first-order valence-corrected chi connectivity index (χ1v) is 6.20. The van der Waals surface area contributed by atoms with Crippen molar-refractivity contribution in [1.82, 2.24) is 4.90 Å². The first-order chi connectivity index (χ1) is 8.95. The molecular weight excluding hydrogens is 249 g/mol. The Morgan fingerprint density at radius 1 is 1.47 bits per heavy atom. The summed E-state index contributed by atoms with van der Waals surface area (Å²) < 4.78 is 18.9. The molecule has 1 rings (SSSR count). The summed E-state index contributed by atoms with van der Waals surface area (Å²) in [4.78, 5) is 12.8. The molecule has 0 radical (unpaired) electrons. The van der Waals surface area contributed by atoms with Crippen LogP contribution in [0.1, 0.15) is 29.8 Å². The van der Waals surface area contributed by atoms with E-state index in [1.54, 1.807) is 7.11 Å². The van der Waals surface area contributed by atoms with Crippen molar-refractivity contribution < 1.29 is 19.0 Å². The van der Waals surface area contributed by atoms with Crippen LogP contribution in [0, 0.1) is 5.82 Å². The molecule has 0 unspecified atom stereocenters. The smallest absolute Gasteiger partial charge is 0.335 e. The Morgan fingerprint density at radius 3 is 2.63 bits per heavy atom. The van der Waals surface area contributed by atoms with E-state index in [9.17, 15) is 9.18 Å². The zero-order valence-electron chi connectivity index (χ0n) is 11.5. The van der Waals surface area contributed by atoms with Gasteiger partial charge >= 0.3 is 5.97 Å². The number of methoxy groups -OCH3 is 1. The summed E-state index contributed by atoms with van der Waals surface area (Å²) in [5, 5.41) is 8.79. The summed E-state index contributed by atoms with van der Waals surface area (Å²) in [5.41, 5.74) is 0.462. The molecule has 19 heavy (non-hydrogen) atoms. The van der Waals surface area contributed by atoms with Gasteiger partial charge in [-0.25, -0.2) is 9.18 Å². The van der Waals surface area contributed by atoms with E-state index in [2.05, 4.69) is 4.90 Å². The molecule has 0 fully saturated rings. The largest absolute Gasteiger partial charge is 0.478 e. The van der Waals surface area contributed by atoms with E-state index >= 15 is 0 Å². The van der Waals surface area contributed by atoms with Crippen LogP contribution in [-0.4, -0.2) is 42.3 Å². The normalized spacial score (nSPS) is 11.3. The summed E-state index contributed by atoms with van der Waals surface area (Å²) in [5.74, 6) is -1.60. The zero-order valence-corrected chi connectivity index (χ0v) is 11.5. The van der Waals surface area contributed by atoms with Crippen LogP contribution in [0.5, 0.6) is 0 Å². The lowest BCUT2D eigenvalue weighted by atomic mass is 10.1. The van der Waals surface area contributed by atoms with Gasteiger partial charge in [0.25, 0.3) is 0 Å². The van der Waals surface area contributed by atoms with Crippen molar-refractivity contribution in [2.75, 3.05) is 20.3 Å². The van der Waals surface area contributed by atoms with Gasteiger partial charge in [-0.3, -0.25) is 4.90 Å². The van der Waals surface area contributed by atoms with Crippen LogP contribution in [0.25, 0.3) is 0 Å². The van der Waals surface area contributed by atoms with Crippen molar-refractivity contribution in [2.24, 2.45) is 0 Å². The highest BCUT2D eigenvalue weighted by atomic mass is 19.1. The van der Waals surface area contributed by atoms with Crippen LogP contribution >= 0.6 is 0 Å². The molecule has 0 aliphatic rings. The zero-order chi connectivity index (χ0) is 14.4. The van der Waals surface area contributed by atoms with Crippen LogP contribution in [-0.2, 0) is 11.3 Å². The average molecular weight is 269 g/mol. The van der Waals surface area contributed by atoms with Crippen molar-refractivity contribution >= 4 is 5.97 Å². The van der Waals surface area contributed by atoms with Gasteiger partial charge in [0.05, 0.1) is 12.2 Å². The van der Waals surface area contributed by atoms with Crippen molar-refractivity contribution in [2.45, 2.75) is 26.4 Å². The summed E-state index contributed by atoms with van der Waals surface area (Å²) >= 11 is 0. The fourth-order valence-corrected chi connectivity index (χ4v) is 1.76. The van der Waals surface area contributed by atoms with Crippen LogP contribution in [0.3, 0.4) is 0 Å². The highest BCUT2D eigenvalue weighted by Crippen LogP contribution is 2.14. The van der Waals surface area contributed by atoms with Crippen molar-refractivity contribution in [3.8, 4) is 0 Å². The molecule has 0 spiro atoms. The molecule has 1 aromatic rings. The molecule has 0 amide bonds. The van der Waals surface area contributed by atoms with E-state index in [1.807, 2.05) is 13.8 Å². The van der Waals surface area contributed by atoms with Gasteiger partial charge in [0.2, 0.25) is 0 Å². The second kappa shape index (κ2) is 7.21. The van der Waals surface area contributed by atoms with Gasteiger partial charge in [0, 0.05) is 31.8 Å². The summed E-state index contributed by atoms with van der Waals surface area (Å²) in [6.45, 7) is 5.77. The lowest BCUT2D eigenvalue weighted by Crippen LogP contribution is -2.33. The minimum Gasteiger partial charge on any atom is -0.478 e. The summed E-state index contributed by atoms with van der Waals surface area (Å²) in [6, 6.07) is 4.27. The quantitative estimate of drug-likeness (QED) is 0.825. The van der Waals surface area contributed by atoms with Gasteiger partial charge in [-0.2, -0.15) is 0 Å². The highest BCUT2D eigenvalue weighted by molar-refractivity contribution is 5.87. The van der Waals surface area contributed by atoms with Crippen molar-refractivity contribution in [1.29, 1.82) is 0 Å². The fraction of sp³-hybridized carbons (Fsp3) is 0.500. The average Bonchev–Trinajstić information content (AvgIpc) is 2.35. The third kappa shape index (κ3) is 4.61. The Labute approximate surface area is 112 Å². The molecule has 0 aliphatic heterocycles. The molecule has 0 bridgehead atoms. The molecule has 1 N–H and O–H groups in total. The number of halogens is 1. The Balaban J connectivity index is 2.81. The number of carbonyl (C=O) groups is 1. The number of hydrogen-bond donors (Lipinski definition) is 1. The predicted molar refractivity (Wildman–Crippen MR) is 70.8 cm³/mol. The van der Waals surface area contributed by atoms with Gasteiger partial charge in [-0.15, -0.1) is 0 Å². The number of ether oxygens (including phenoxy) is 1. The number of hydrogen-bond acceptors (Lipinski definition) is 3. The third-order valence-electron chi connectivity index (χ3n) is 2.99. The first-order valence-electron chi connectivity index (χ1n) is 6.20. The minimum absolute atomic E-state index is 0.0331. The molecule has 4 nitrogen and oxygen atoms in total. The molecule has 0 aromatic heterocycles. The van der Waals surface area contributed by atoms with Crippen LogP contribution in [0.2, 0.25) is 0 Å². The number of rotatable bonds is 7.